The lowest BCUT2D eigenvalue weighted by Gasteiger charge is -2.28. The first-order chi connectivity index (χ1) is 9.22. The zero-order valence-corrected chi connectivity index (χ0v) is 12.1. The van der Waals surface area contributed by atoms with Gasteiger partial charge in [-0.3, -0.25) is 0 Å². The van der Waals surface area contributed by atoms with Crippen molar-refractivity contribution in [3.63, 3.8) is 0 Å². The van der Waals surface area contributed by atoms with Gasteiger partial charge in [0.25, 0.3) is 0 Å². The molecule has 108 valence electrons. The Morgan fingerprint density at radius 1 is 1.05 bits per heavy atom. The highest BCUT2D eigenvalue weighted by Crippen LogP contribution is 2.18. The van der Waals surface area contributed by atoms with Gasteiger partial charge in [-0.1, -0.05) is 26.0 Å². The lowest BCUT2D eigenvalue weighted by molar-refractivity contribution is 0.309. The second-order valence-corrected chi connectivity index (χ2v) is 4.61. The van der Waals surface area contributed by atoms with Crippen molar-refractivity contribution in [2.45, 2.75) is 20.3 Å². The van der Waals surface area contributed by atoms with E-state index in [1.807, 2.05) is 12.1 Å². The summed E-state index contributed by atoms with van der Waals surface area (Å²) in [5.74, 6) is -0.154. The Labute approximate surface area is 116 Å². The Morgan fingerprint density at radius 2 is 1.74 bits per heavy atom. The summed E-state index contributed by atoms with van der Waals surface area (Å²) < 4.78 is 13.9. The molecule has 0 spiro atoms. The van der Waals surface area contributed by atoms with E-state index in [0.717, 1.165) is 39.1 Å². The number of hydrogen-bond donors (Lipinski definition) is 1. The molecule has 19 heavy (non-hydrogen) atoms. The van der Waals surface area contributed by atoms with Gasteiger partial charge in [0, 0.05) is 19.6 Å². The van der Waals surface area contributed by atoms with Gasteiger partial charge in [-0.05, 0) is 38.2 Å². The third-order valence-corrected chi connectivity index (χ3v) is 3.41. The summed E-state index contributed by atoms with van der Waals surface area (Å²) in [5.41, 5.74) is 6.25. The van der Waals surface area contributed by atoms with E-state index in [-0.39, 0.29) is 5.82 Å². The van der Waals surface area contributed by atoms with E-state index < -0.39 is 0 Å². The van der Waals surface area contributed by atoms with Gasteiger partial charge in [-0.15, -0.1) is 0 Å². The third kappa shape index (κ3) is 5.17. The summed E-state index contributed by atoms with van der Waals surface area (Å²) in [4.78, 5) is 4.44. The van der Waals surface area contributed by atoms with Crippen molar-refractivity contribution >= 4 is 5.69 Å². The third-order valence-electron chi connectivity index (χ3n) is 3.41. The molecule has 0 aliphatic carbocycles. The van der Waals surface area contributed by atoms with Crippen LogP contribution in [0.5, 0.6) is 0 Å². The van der Waals surface area contributed by atoms with Crippen LogP contribution in [0, 0.1) is 5.82 Å². The molecule has 0 aliphatic heterocycles. The fraction of sp³-hybridized carbons (Fsp3) is 0.600. The maximum absolute atomic E-state index is 13.9. The van der Waals surface area contributed by atoms with Crippen LogP contribution in [0.15, 0.2) is 24.3 Å². The van der Waals surface area contributed by atoms with Crippen LogP contribution in [0.1, 0.15) is 20.3 Å². The number of anilines is 1. The minimum atomic E-state index is -0.154. The average Bonchev–Trinajstić information content (AvgIpc) is 2.44. The second-order valence-electron chi connectivity index (χ2n) is 4.61. The number of benzene rings is 1. The summed E-state index contributed by atoms with van der Waals surface area (Å²) in [5, 5.41) is 0. The fourth-order valence-corrected chi connectivity index (χ4v) is 2.15. The summed E-state index contributed by atoms with van der Waals surface area (Å²) >= 11 is 0. The maximum atomic E-state index is 13.9. The van der Waals surface area contributed by atoms with Gasteiger partial charge in [0.2, 0.25) is 0 Å². The van der Waals surface area contributed by atoms with Crippen molar-refractivity contribution in [3.05, 3.63) is 30.1 Å². The van der Waals surface area contributed by atoms with E-state index in [2.05, 4.69) is 23.6 Å². The van der Waals surface area contributed by atoms with Crippen LogP contribution in [0.25, 0.3) is 0 Å². The molecule has 0 amide bonds. The Hall–Kier alpha value is -1.13. The molecule has 2 N–H and O–H groups in total. The normalized spacial score (nSPS) is 11.0. The average molecular weight is 267 g/mol. The number of para-hydroxylation sites is 1. The molecule has 1 aromatic carbocycles. The van der Waals surface area contributed by atoms with Crippen molar-refractivity contribution in [3.8, 4) is 0 Å². The van der Waals surface area contributed by atoms with Gasteiger partial charge >= 0.3 is 0 Å². The first kappa shape index (κ1) is 15.9. The Morgan fingerprint density at radius 3 is 2.32 bits per heavy atom. The molecule has 1 rings (SSSR count). The molecular formula is C15H26FN3. The van der Waals surface area contributed by atoms with E-state index in [9.17, 15) is 4.39 Å². The minimum Gasteiger partial charge on any atom is -0.368 e. The molecule has 0 unspecified atom stereocenters. The number of rotatable bonds is 9. The fourth-order valence-electron chi connectivity index (χ4n) is 2.15. The smallest absolute Gasteiger partial charge is 0.146 e. The molecule has 0 heterocycles. The number of hydrogen-bond acceptors (Lipinski definition) is 3. The van der Waals surface area contributed by atoms with Crippen molar-refractivity contribution < 1.29 is 4.39 Å². The quantitative estimate of drug-likeness (QED) is 0.745. The summed E-state index contributed by atoms with van der Waals surface area (Å²) in [6.07, 6.45) is 0.882. The van der Waals surface area contributed by atoms with Gasteiger partial charge in [0.15, 0.2) is 0 Å². The first-order valence-corrected chi connectivity index (χ1v) is 7.14. The highest BCUT2D eigenvalue weighted by atomic mass is 19.1. The van der Waals surface area contributed by atoms with E-state index in [1.165, 1.54) is 6.07 Å². The van der Waals surface area contributed by atoms with Crippen molar-refractivity contribution in [2.75, 3.05) is 44.2 Å². The minimum absolute atomic E-state index is 0.154. The summed E-state index contributed by atoms with van der Waals surface area (Å²) in [6, 6.07) is 6.96. The molecular weight excluding hydrogens is 241 g/mol. The van der Waals surface area contributed by atoms with Gasteiger partial charge in [0.1, 0.15) is 5.82 Å². The van der Waals surface area contributed by atoms with Crippen LogP contribution < -0.4 is 10.6 Å². The van der Waals surface area contributed by atoms with E-state index in [1.54, 1.807) is 6.07 Å². The van der Waals surface area contributed by atoms with Crippen LogP contribution in [0.2, 0.25) is 0 Å². The zero-order valence-electron chi connectivity index (χ0n) is 12.1. The Balaban J connectivity index is 2.69. The molecule has 0 radical (unpaired) electrons. The van der Waals surface area contributed by atoms with Crippen LogP contribution in [-0.2, 0) is 0 Å². The number of nitrogens with two attached hydrogens (primary N) is 1. The van der Waals surface area contributed by atoms with Gasteiger partial charge in [-0.25, -0.2) is 4.39 Å². The molecule has 0 aliphatic rings. The van der Waals surface area contributed by atoms with Gasteiger partial charge in [-0.2, -0.15) is 0 Å². The van der Waals surface area contributed by atoms with Crippen LogP contribution in [0.4, 0.5) is 10.1 Å². The van der Waals surface area contributed by atoms with Crippen LogP contribution in [0.3, 0.4) is 0 Å². The predicted octanol–water partition coefficient (Wildman–Crippen LogP) is 2.32. The van der Waals surface area contributed by atoms with Gasteiger partial charge in [0.05, 0.1) is 5.69 Å². The highest BCUT2D eigenvalue weighted by Gasteiger charge is 2.11. The number of nitrogens with zero attached hydrogens (tertiary/aromatic N) is 2. The van der Waals surface area contributed by atoms with Crippen molar-refractivity contribution in [1.29, 1.82) is 0 Å². The molecule has 1 aromatic rings. The first-order valence-electron chi connectivity index (χ1n) is 7.14. The van der Waals surface area contributed by atoms with Crippen LogP contribution in [-0.4, -0.2) is 44.2 Å². The molecule has 4 heteroatoms. The lowest BCUT2D eigenvalue weighted by Crippen LogP contribution is -2.36. The molecule has 0 atom stereocenters. The second kappa shape index (κ2) is 8.88. The molecule has 0 aromatic heterocycles. The molecule has 0 saturated carbocycles. The molecule has 0 bridgehead atoms. The van der Waals surface area contributed by atoms with Gasteiger partial charge < -0.3 is 15.5 Å². The molecule has 0 saturated heterocycles. The Kier molecular flexibility index (Phi) is 7.45. The van der Waals surface area contributed by atoms with E-state index >= 15 is 0 Å². The molecule has 3 nitrogen and oxygen atoms in total. The topological polar surface area (TPSA) is 32.5 Å². The molecule has 0 fully saturated rings. The van der Waals surface area contributed by atoms with Crippen LogP contribution >= 0.6 is 0 Å². The Bertz CT molecular complexity index is 353. The van der Waals surface area contributed by atoms with Crippen molar-refractivity contribution in [1.82, 2.24) is 4.90 Å². The summed E-state index contributed by atoms with van der Waals surface area (Å²) in [6.45, 7) is 9.58. The number of halogens is 1. The lowest BCUT2D eigenvalue weighted by atomic mass is 10.2. The SMILES string of the molecule is CCN(CC)CCN(CCCN)c1ccccc1F. The largest absolute Gasteiger partial charge is 0.368 e. The predicted molar refractivity (Wildman–Crippen MR) is 80.1 cm³/mol. The number of likely N-dealkylation sites (N-methyl/N-ethyl adjacent to an activating group) is 1. The van der Waals surface area contributed by atoms with E-state index in [0.29, 0.717) is 12.2 Å². The van der Waals surface area contributed by atoms with Crippen molar-refractivity contribution in [2.24, 2.45) is 5.73 Å². The maximum Gasteiger partial charge on any atom is 0.146 e. The zero-order chi connectivity index (χ0) is 14.1. The summed E-state index contributed by atoms with van der Waals surface area (Å²) in [7, 11) is 0. The van der Waals surface area contributed by atoms with E-state index in [4.69, 9.17) is 5.73 Å². The highest BCUT2D eigenvalue weighted by molar-refractivity contribution is 5.47. The monoisotopic (exact) mass is 267 g/mol. The standard InChI is InChI=1S/C15H26FN3/c1-3-18(4-2)12-13-19(11-7-10-17)15-9-6-5-8-14(15)16/h5-6,8-9H,3-4,7,10-13,17H2,1-2H3.